The van der Waals surface area contributed by atoms with E-state index in [4.69, 9.17) is 4.42 Å². The molecular weight excluding hydrogens is 354 g/mol. The van der Waals surface area contributed by atoms with Crippen molar-refractivity contribution >= 4 is 21.9 Å². The van der Waals surface area contributed by atoms with Gasteiger partial charge in [-0.05, 0) is 49.7 Å². The molecular formula is C22H21N3O3. The van der Waals surface area contributed by atoms with Crippen molar-refractivity contribution in [3.8, 4) is 0 Å². The first-order chi connectivity index (χ1) is 13.4. The summed E-state index contributed by atoms with van der Waals surface area (Å²) >= 11 is 0. The maximum atomic E-state index is 12.3. The van der Waals surface area contributed by atoms with Crippen LogP contribution in [0.25, 0.3) is 21.9 Å². The summed E-state index contributed by atoms with van der Waals surface area (Å²) in [6.07, 6.45) is 0. The minimum Gasteiger partial charge on any atom is -0.422 e. The molecule has 0 spiro atoms. The number of benzene rings is 2. The zero-order chi connectivity index (χ0) is 19.8. The van der Waals surface area contributed by atoms with Crippen LogP contribution in [0.5, 0.6) is 0 Å². The lowest BCUT2D eigenvalue weighted by molar-refractivity contribution is 0.311. The van der Waals surface area contributed by atoms with Crippen molar-refractivity contribution in [2.75, 3.05) is 7.05 Å². The summed E-state index contributed by atoms with van der Waals surface area (Å²) in [6.45, 7) is 4.93. The third kappa shape index (κ3) is 3.34. The molecule has 28 heavy (non-hydrogen) atoms. The van der Waals surface area contributed by atoms with Crippen molar-refractivity contribution in [3.05, 3.63) is 85.8 Å². The number of para-hydroxylation sites is 1. The number of hydrogen-bond acceptors (Lipinski definition) is 5. The third-order valence-corrected chi connectivity index (χ3v) is 5.04. The van der Waals surface area contributed by atoms with Crippen molar-refractivity contribution in [1.82, 2.24) is 14.9 Å². The van der Waals surface area contributed by atoms with E-state index in [1.165, 1.54) is 6.07 Å². The summed E-state index contributed by atoms with van der Waals surface area (Å²) in [4.78, 5) is 33.7. The first kappa shape index (κ1) is 18.1. The van der Waals surface area contributed by atoms with Crippen molar-refractivity contribution in [2.45, 2.75) is 26.9 Å². The molecule has 6 nitrogen and oxygen atoms in total. The van der Waals surface area contributed by atoms with Gasteiger partial charge in [-0.1, -0.05) is 24.3 Å². The van der Waals surface area contributed by atoms with E-state index >= 15 is 0 Å². The Morgan fingerprint density at radius 1 is 1.04 bits per heavy atom. The van der Waals surface area contributed by atoms with Gasteiger partial charge in [-0.15, -0.1) is 0 Å². The molecule has 4 rings (SSSR count). The average molecular weight is 375 g/mol. The lowest BCUT2D eigenvalue weighted by Gasteiger charge is -2.17. The summed E-state index contributed by atoms with van der Waals surface area (Å²) in [7, 11) is 1.93. The molecule has 4 aromatic rings. The molecule has 0 radical (unpaired) electrons. The summed E-state index contributed by atoms with van der Waals surface area (Å²) in [5.41, 5.74) is 3.74. The molecule has 0 bridgehead atoms. The molecule has 142 valence electrons. The van der Waals surface area contributed by atoms with E-state index in [2.05, 4.69) is 9.97 Å². The number of nitrogens with zero attached hydrogens (tertiary/aromatic N) is 2. The number of rotatable bonds is 4. The Morgan fingerprint density at radius 2 is 1.82 bits per heavy atom. The van der Waals surface area contributed by atoms with Crippen molar-refractivity contribution in [3.63, 3.8) is 0 Å². The van der Waals surface area contributed by atoms with Crippen LogP contribution in [0.2, 0.25) is 0 Å². The van der Waals surface area contributed by atoms with Crippen LogP contribution in [-0.4, -0.2) is 21.9 Å². The second-order valence-electron chi connectivity index (χ2n) is 7.18. The van der Waals surface area contributed by atoms with Crippen LogP contribution < -0.4 is 11.2 Å². The fraction of sp³-hybridized carbons (Fsp3) is 0.227. The number of H-pyrrole nitrogens is 1. The van der Waals surface area contributed by atoms with Crippen molar-refractivity contribution < 1.29 is 4.42 Å². The fourth-order valence-corrected chi connectivity index (χ4v) is 3.47. The number of nitrogens with one attached hydrogen (secondary N) is 1. The van der Waals surface area contributed by atoms with Crippen LogP contribution in [-0.2, 0) is 13.1 Å². The Bertz CT molecular complexity index is 1300. The summed E-state index contributed by atoms with van der Waals surface area (Å²) < 4.78 is 5.44. The fourth-order valence-electron chi connectivity index (χ4n) is 3.47. The van der Waals surface area contributed by atoms with Crippen LogP contribution in [0, 0.1) is 13.8 Å². The number of hydrogen-bond donors (Lipinski definition) is 1. The number of fused-ring (bicyclic) bond motifs is 2. The molecule has 0 saturated heterocycles. The molecule has 0 aliphatic carbocycles. The molecule has 0 atom stereocenters. The second-order valence-corrected chi connectivity index (χ2v) is 7.18. The molecule has 0 unspecified atom stereocenters. The Kier molecular flexibility index (Phi) is 4.57. The van der Waals surface area contributed by atoms with Crippen LogP contribution >= 0.6 is 0 Å². The largest absolute Gasteiger partial charge is 0.422 e. The average Bonchev–Trinajstić information content (AvgIpc) is 2.65. The van der Waals surface area contributed by atoms with E-state index in [0.29, 0.717) is 35.4 Å². The normalized spacial score (nSPS) is 11.6. The highest BCUT2D eigenvalue weighted by molar-refractivity contribution is 5.84. The predicted octanol–water partition coefficient (Wildman–Crippen LogP) is 3.28. The van der Waals surface area contributed by atoms with E-state index < -0.39 is 0 Å². The minimum atomic E-state index is -0.359. The Balaban J connectivity index is 1.66. The number of aromatic nitrogens is 2. The quantitative estimate of drug-likeness (QED) is 0.554. The SMILES string of the molecule is Cc1ccc2c(CN(C)Cc3nc4ccccc4c(=O)[nH]3)cc(=O)oc2c1C. The van der Waals surface area contributed by atoms with E-state index in [1.54, 1.807) is 6.07 Å². The standard InChI is InChI=1S/C22H21N3O3/c1-13-8-9-16-15(10-20(26)28-21(16)14(13)2)11-25(3)12-19-23-18-7-5-4-6-17(18)22(27)24-19/h4-10H,11-12H2,1-3H3,(H,23,24,27). The van der Waals surface area contributed by atoms with Crippen molar-refractivity contribution in [1.29, 1.82) is 0 Å². The minimum absolute atomic E-state index is 0.147. The Labute approximate surface area is 161 Å². The first-order valence-electron chi connectivity index (χ1n) is 9.12. The molecule has 0 saturated carbocycles. The topological polar surface area (TPSA) is 79.2 Å². The zero-order valence-corrected chi connectivity index (χ0v) is 16.1. The molecule has 0 amide bonds. The van der Waals surface area contributed by atoms with E-state index in [9.17, 15) is 9.59 Å². The Morgan fingerprint density at radius 3 is 2.64 bits per heavy atom. The molecule has 2 aromatic heterocycles. The highest BCUT2D eigenvalue weighted by Gasteiger charge is 2.12. The van der Waals surface area contributed by atoms with E-state index in [0.717, 1.165) is 22.1 Å². The second kappa shape index (κ2) is 7.05. The van der Waals surface area contributed by atoms with Crippen molar-refractivity contribution in [2.24, 2.45) is 0 Å². The Hall–Kier alpha value is -3.25. The smallest absolute Gasteiger partial charge is 0.336 e. The maximum Gasteiger partial charge on any atom is 0.336 e. The van der Waals surface area contributed by atoms with E-state index in [-0.39, 0.29) is 11.2 Å². The zero-order valence-electron chi connectivity index (χ0n) is 16.1. The molecule has 2 heterocycles. The van der Waals surface area contributed by atoms with Gasteiger partial charge in [-0.2, -0.15) is 0 Å². The first-order valence-corrected chi connectivity index (χ1v) is 9.12. The molecule has 1 N–H and O–H groups in total. The van der Waals surface area contributed by atoms with E-state index in [1.807, 2.05) is 56.1 Å². The highest BCUT2D eigenvalue weighted by atomic mass is 16.4. The number of aromatic amines is 1. The van der Waals surface area contributed by atoms with Gasteiger partial charge in [-0.3, -0.25) is 9.69 Å². The lowest BCUT2D eigenvalue weighted by atomic mass is 10.0. The van der Waals surface area contributed by atoms with Gasteiger partial charge >= 0.3 is 5.63 Å². The predicted molar refractivity (Wildman–Crippen MR) is 109 cm³/mol. The van der Waals surface area contributed by atoms with Crippen LogP contribution in [0.1, 0.15) is 22.5 Å². The molecule has 0 aliphatic heterocycles. The summed E-state index contributed by atoms with van der Waals surface area (Å²) in [5.74, 6) is 0.588. The van der Waals surface area contributed by atoms with Gasteiger partial charge in [0.2, 0.25) is 0 Å². The summed E-state index contributed by atoms with van der Waals surface area (Å²) in [6, 6.07) is 12.8. The van der Waals surface area contributed by atoms with Gasteiger partial charge in [0.15, 0.2) is 0 Å². The van der Waals surface area contributed by atoms with Crippen LogP contribution in [0.3, 0.4) is 0 Å². The van der Waals surface area contributed by atoms with Gasteiger partial charge in [0.05, 0.1) is 17.4 Å². The van der Waals surface area contributed by atoms with Gasteiger partial charge < -0.3 is 9.40 Å². The number of aryl methyl sites for hydroxylation is 2. The maximum absolute atomic E-state index is 12.3. The third-order valence-electron chi connectivity index (χ3n) is 5.04. The highest BCUT2D eigenvalue weighted by Crippen LogP contribution is 2.24. The van der Waals surface area contributed by atoms with Gasteiger partial charge in [0, 0.05) is 18.0 Å². The molecule has 0 aliphatic rings. The van der Waals surface area contributed by atoms with Gasteiger partial charge in [-0.25, -0.2) is 9.78 Å². The summed E-state index contributed by atoms with van der Waals surface area (Å²) in [5, 5.41) is 1.50. The molecule has 0 fully saturated rings. The molecule has 6 heteroatoms. The monoisotopic (exact) mass is 375 g/mol. The van der Waals surface area contributed by atoms with Crippen LogP contribution in [0.4, 0.5) is 0 Å². The van der Waals surface area contributed by atoms with Gasteiger partial charge in [0.25, 0.3) is 5.56 Å². The van der Waals surface area contributed by atoms with Gasteiger partial charge in [0.1, 0.15) is 11.4 Å². The lowest BCUT2D eigenvalue weighted by Crippen LogP contribution is -2.22. The molecule has 2 aromatic carbocycles. The van der Waals surface area contributed by atoms with Crippen LogP contribution in [0.15, 0.2) is 56.5 Å².